The molecule has 0 radical (unpaired) electrons. The number of hydrogen-bond acceptors (Lipinski definition) is 8. The molecule has 0 aromatic heterocycles. The second kappa shape index (κ2) is 66.3. The third-order valence-electron chi connectivity index (χ3n) is 16.5. The summed E-state index contributed by atoms with van der Waals surface area (Å²) in [5.41, 5.74) is 0. The van der Waals surface area contributed by atoms with Crippen LogP contribution in [0.3, 0.4) is 0 Å². The number of carbonyl (C=O) groups excluding carboxylic acids is 1. The first-order chi connectivity index (χ1) is 43.3. The van der Waals surface area contributed by atoms with Crippen molar-refractivity contribution in [1.82, 2.24) is 5.32 Å². The van der Waals surface area contributed by atoms with Gasteiger partial charge in [0, 0.05) is 6.42 Å². The number of aliphatic hydroxyl groups is 5. The summed E-state index contributed by atoms with van der Waals surface area (Å²) < 4.78 is 11.3. The van der Waals surface area contributed by atoms with Gasteiger partial charge >= 0.3 is 0 Å². The summed E-state index contributed by atoms with van der Waals surface area (Å²) in [5.74, 6) is -0.200. The number of aliphatic hydroxyl groups excluding tert-OH is 5. The quantitative estimate of drug-likeness (QED) is 0.0261. The summed E-state index contributed by atoms with van der Waals surface area (Å²) >= 11 is 0. The minimum atomic E-state index is -1.58. The van der Waals surface area contributed by atoms with Gasteiger partial charge in [-0.1, -0.05) is 327 Å². The van der Waals surface area contributed by atoms with E-state index < -0.39 is 49.5 Å². The number of allylic oxidation sites excluding steroid dienone is 21. The van der Waals surface area contributed by atoms with Crippen LogP contribution in [0.15, 0.2) is 134 Å². The molecular weight excluding hydrogens is 1090 g/mol. The van der Waals surface area contributed by atoms with Crippen LogP contribution in [0.5, 0.6) is 0 Å². The lowest BCUT2D eigenvalue weighted by molar-refractivity contribution is -0.302. The Bertz CT molecular complexity index is 1860. The molecule has 1 rings (SSSR count). The molecule has 0 bridgehead atoms. The van der Waals surface area contributed by atoms with Gasteiger partial charge in [0.2, 0.25) is 5.91 Å². The maximum absolute atomic E-state index is 13.1. The van der Waals surface area contributed by atoms with Gasteiger partial charge < -0.3 is 40.3 Å². The van der Waals surface area contributed by atoms with E-state index in [0.717, 1.165) is 109 Å². The lowest BCUT2D eigenvalue weighted by Crippen LogP contribution is -2.60. The predicted octanol–water partition coefficient (Wildman–Crippen LogP) is 20.4. The maximum Gasteiger partial charge on any atom is 0.220 e. The SMILES string of the molecule is CC/C=C\C/C=C\C/C=C\C/C=C\C/C=C\C/C=C\C/C=C\C/C=C\C/C=C\CCCCCCCCCC(=O)NC(COC1OC(CO)C(O)C(O)C1O)C(O)/C=C/CC/C=C/CCCCCCCCCCCCCCCCCCCCCCCCCC. The second-order valence-electron chi connectivity index (χ2n) is 24.6. The molecule has 1 aliphatic heterocycles. The van der Waals surface area contributed by atoms with Crippen LogP contribution in [0.4, 0.5) is 0 Å². The molecule has 7 unspecified atom stereocenters. The molecule has 88 heavy (non-hydrogen) atoms. The van der Waals surface area contributed by atoms with Crippen LogP contribution in [-0.4, -0.2) is 87.5 Å². The molecule has 1 heterocycles. The zero-order valence-electron chi connectivity index (χ0n) is 56.4. The normalized spacial score (nSPS) is 18.7. The number of amides is 1. The van der Waals surface area contributed by atoms with Gasteiger partial charge in [0.15, 0.2) is 6.29 Å². The Balaban J connectivity index is 2.18. The topological polar surface area (TPSA) is 149 Å². The molecule has 0 aliphatic carbocycles. The van der Waals surface area contributed by atoms with E-state index in [1.54, 1.807) is 6.08 Å². The molecule has 1 amide bonds. The van der Waals surface area contributed by atoms with Crippen molar-refractivity contribution in [1.29, 1.82) is 0 Å². The van der Waals surface area contributed by atoms with E-state index in [4.69, 9.17) is 9.47 Å². The van der Waals surface area contributed by atoms with E-state index in [1.807, 2.05) is 6.08 Å². The molecule has 9 heteroatoms. The van der Waals surface area contributed by atoms with E-state index >= 15 is 0 Å². The monoisotopic (exact) mass is 1230 g/mol. The van der Waals surface area contributed by atoms with E-state index in [9.17, 15) is 30.3 Å². The molecule has 504 valence electrons. The smallest absolute Gasteiger partial charge is 0.220 e. The highest BCUT2D eigenvalue weighted by molar-refractivity contribution is 5.76. The van der Waals surface area contributed by atoms with E-state index in [0.29, 0.717) is 6.42 Å². The largest absolute Gasteiger partial charge is 0.394 e. The Kier molecular flexibility index (Phi) is 62.0. The average molecular weight is 1230 g/mol. The number of carbonyl (C=O) groups is 1. The summed E-state index contributed by atoms with van der Waals surface area (Å²) in [6, 6.07) is -0.840. The van der Waals surface area contributed by atoms with Gasteiger partial charge in [-0.05, 0) is 103 Å². The first kappa shape index (κ1) is 82.3. The number of rotatable bonds is 62. The number of unbranched alkanes of at least 4 members (excludes halogenated alkanes) is 32. The number of ether oxygens (including phenoxy) is 2. The standard InChI is InChI=1S/C79H135NO8/c1-3-5-7-9-11-13-15-17-19-21-23-25-27-29-31-33-35-36-37-38-39-41-43-45-47-49-51-53-55-57-59-61-63-65-67-69-75(83)80-72(71-87-79-78(86)77(85)76(84)74(70-81)88-79)73(82)68-66-64-62-60-58-56-54-52-50-48-46-44-42-40-34-32-30-28-26-24-22-20-18-16-14-12-10-8-6-4-2/h5,7,11,13,17,19,23,25,29,31,35-36,38-39,43,45,49,51,58,60,66,68,72-74,76-79,81-82,84-86H,3-4,6,8-10,12,14-16,18,20-22,24,26-28,30,32-34,37,40-42,44,46-48,50,52-57,59,61-65,67,69-71H2,1-2H3,(H,80,83)/b7-5-,13-11-,19-17-,25-23-,31-29-,36-35-,39-38-,45-43-,51-49-,60-58+,68-66+. The van der Waals surface area contributed by atoms with Crippen molar-refractivity contribution in [3.63, 3.8) is 0 Å². The molecule has 0 aromatic rings. The van der Waals surface area contributed by atoms with Crippen molar-refractivity contribution in [2.45, 2.75) is 346 Å². The van der Waals surface area contributed by atoms with Crippen LogP contribution in [0.2, 0.25) is 0 Å². The summed E-state index contributed by atoms with van der Waals surface area (Å²) in [7, 11) is 0. The molecular formula is C79H135NO8. The number of hydrogen-bond donors (Lipinski definition) is 6. The predicted molar refractivity (Wildman–Crippen MR) is 377 cm³/mol. The van der Waals surface area contributed by atoms with Gasteiger partial charge in [0.1, 0.15) is 24.4 Å². The fourth-order valence-electron chi connectivity index (χ4n) is 10.8. The van der Waals surface area contributed by atoms with Crippen LogP contribution in [0, 0.1) is 0 Å². The first-order valence-electron chi connectivity index (χ1n) is 36.4. The minimum absolute atomic E-state index is 0.200. The molecule has 6 N–H and O–H groups in total. The van der Waals surface area contributed by atoms with Gasteiger partial charge in [-0.3, -0.25) is 4.79 Å². The van der Waals surface area contributed by atoms with Gasteiger partial charge in [-0.2, -0.15) is 0 Å². The minimum Gasteiger partial charge on any atom is -0.394 e. The zero-order valence-corrected chi connectivity index (χ0v) is 56.4. The van der Waals surface area contributed by atoms with Gasteiger partial charge in [-0.25, -0.2) is 0 Å². The molecule has 9 nitrogen and oxygen atoms in total. The third kappa shape index (κ3) is 54.1. The molecule has 1 aliphatic rings. The fraction of sp³-hybridized carbons (Fsp3) is 0.709. The lowest BCUT2D eigenvalue weighted by atomic mass is 9.99. The van der Waals surface area contributed by atoms with Crippen LogP contribution >= 0.6 is 0 Å². The van der Waals surface area contributed by atoms with Crippen molar-refractivity contribution in [2.75, 3.05) is 13.2 Å². The molecule has 1 saturated heterocycles. The molecule has 0 saturated carbocycles. The van der Waals surface area contributed by atoms with Crippen molar-refractivity contribution in [3.8, 4) is 0 Å². The van der Waals surface area contributed by atoms with Crippen molar-refractivity contribution < 1.29 is 39.8 Å². The van der Waals surface area contributed by atoms with Crippen LogP contribution < -0.4 is 5.32 Å². The fourth-order valence-corrected chi connectivity index (χ4v) is 10.8. The summed E-state index contributed by atoms with van der Waals surface area (Å²) in [4.78, 5) is 13.1. The summed E-state index contributed by atoms with van der Waals surface area (Å²) in [6.07, 6.45) is 94.2. The summed E-state index contributed by atoms with van der Waals surface area (Å²) in [6.45, 7) is 3.67. The van der Waals surface area contributed by atoms with Crippen molar-refractivity contribution in [3.05, 3.63) is 134 Å². The lowest BCUT2D eigenvalue weighted by Gasteiger charge is -2.40. The highest BCUT2D eigenvalue weighted by Gasteiger charge is 2.44. The Morgan fingerprint density at radius 3 is 1.09 bits per heavy atom. The van der Waals surface area contributed by atoms with Crippen LogP contribution in [0.1, 0.15) is 303 Å². The summed E-state index contributed by atoms with van der Waals surface area (Å²) in [5, 5.41) is 54.8. The average Bonchev–Trinajstić information content (AvgIpc) is 3.65. The van der Waals surface area contributed by atoms with Crippen molar-refractivity contribution in [2.24, 2.45) is 0 Å². The zero-order chi connectivity index (χ0) is 63.5. The van der Waals surface area contributed by atoms with Gasteiger partial charge in [0.25, 0.3) is 0 Å². The molecule has 1 fully saturated rings. The first-order valence-corrected chi connectivity index (χ1v) is 36.4. The Morgan fingerprint density at radius 1 is 0.398 bits per heavy atom. The Hall–Kier alpha value is -3.67. The Morgan fingerprint density at radius 2 is 0.716 bits per heavy atom. The molecule has 0 spiro atoms. The Labute approximate surface area is 541 Å². The third-order valence-corrected chi connectivity index (χ3v) is 16.5. The van der Waals surface area contributed by atoms with Gasteiger partial charge in [-0.15, -0.1) is 0 Å². The van der Waals surface area contributed by atoms with Gasteiger partial charge in [0.05, 0.1) is 25.4 Å². The van der Waals surface area contributed by atoms with Crippen molar-refractivity contribution >= 4 is 5.91 Å². The van der Waals surface area contributed by atoms with Crippen LogP contribution in [-0.2, 0) is 14.3 Å². The molecule has 7 atom stereocenters. The maximum atomic E-state index is 13.1. The van der Waals surface area contributed by atoms with E-state index in [1.165, 1.54) is 173 Å². The van der Waals surface area contributed by atoms with Crippen LogP contribution in [0.25, 0.3) is 0 Å². The highest BCUT2D eigenvalue weighted by atomic mass is 16.7. The van der Waals surface area contributed by atoms with E-state index in [2.05, 4.69) is 141 Å². The molecule has 0 aromatic carbocycles. The van der Waals surface area contributed by atoms with E-state index in [-0.39, 0.29) is 12.5 Å². The second-order valence-corrected chi connectivity index (χ2v) is 24.6. The number of nitrogens with one attached hydrogen (secondary N) is 1. The highest BCUT2D eigenvalue weighted by Crippen LogP contribution is 2.23.